The van der Waals surface area contributed by atoms with E-state index < -0.39 is 5.41 Å². The molecule has 0 spiro atoms. The molecule has 1 aromatic heterocycles. The Hall–Kier alpha value is -1.27. The van der Waals surface area contributed by atoms with Crippen molar-refractivity contribution >= 4 is 47.3 Å². The van der Waals surface area contributed by atoms with E-state index in [-0.39, 0.29) is 30.7 Å². The zero-order valence-electron chi connectivity index (χ0n) is 16.3. The van der Waals surface area contributed by atoms with Gasteiger partial charge in [0.2, 0.25) is 5.91 Å². The van der Waals surface area contributed by atoms with E-state index in [1.165, 1.54) is 5.52 Å². The third-order valence-corrected chi connectivity index (χ3v) is 5.05. The molecule has 1 aromatic carbocycles. The first-order valence-electron chi connectivity index (χ1n) is 9.14. The highest BCUT2D eigenvalue weighted by Gasteiger charge is 2.39. The van der Waals surface area contributed by atoms with Gasteiger partial charge in [0.15, 0.2) is 0 Å². The minimum absolute atomic E-state index is 0. The van der Waals surface area contributed by atoms with Gasteiger partial charge in [-0.2, -0.15) is 0 Å². The monoisotopic (exact) mass is 415 g/mol. The van der Waals surface area contributed by atoms with Crippen LogP contribution in [-0.4, -0.2) is 37.3 Å². The van der Waals surface area contributed by atoms with Crippen LogP contribution < -0.4 is 10.6 Å². The molecule has 0 unspecified atom stereocenters. The topological polar surface area (TPSA) is 55.3 Å². The van der Waals surface area contributed by atoms with Crippen molar-refractivity contribution < 1.29 is 9.53 Å². The number of aromatic nitrogens is 1. The van der Waals surface area contributed by atoms with E-state index in [9.17, 15) is 4.79 Å². The molecule has 0 aliphatic carbocycles. The molecule has 1 saturated heterocycles. The lowest BCUT2D eigenvalue weighted by atomic mass is 9.78. The Kier molecular flexibility index (Phi) is 9.09. The zero-order valence-corrected chi connectivity index (χ0v) is 17.9. The molecule has 0 atom stereocenters. The molecule has 3 rings (SSSR count). The standard InChI is InChI=1S/C20H29N3O2.2ClH/c1-15(2)13-23-11-6-16-12-17(4-5-18(16)23)22-19(24)20(14-25-3)7-9-21-10-8-20;;/h4-6,11-12,15,21H,7-10,13-14H2,1-3H3,(H,22,24);2*1H. The summed E-state index contributed by atoms with van der Waals surface area (Å²) in [6, 6.07) is 8.27. The predicted octanol–water partition coefficient (Wildman–Crippen LogP) is 4.10. The number of nitrogens with one attached hydrogen (secondary N) is 2. The molecular weight excluding hydrogens is 385 g/mol. The summed E-state index contributed by atoms with van der Waals surface area (Å²) in [6.45, 7) is 7.61. The molecule has 0 bridgehead atoms. The van der Waals surface area contributed by atoms with Crippen LogP contribution in [0.4, 0.5) is 5.69 Å². The van der Waals surface area contributed by atoms with Crippen LogP contribution in [0.1, 0.15) is 26.7 Å². The first-order chi connectivity index (χ1) is 12.0. The van der Waals surface area contributed by atoms with Gasteiger partial charge in [-0.1, -0.05) is 13.8 Å². The van der Waals surface area contributed by atoms with Crippen molar-refractivity contribution in [3.8, 4) is 0 Å². The molecule has 1 fully saturated rings. The van der Waals surface area contributed by atoms with Gasteiger partial charge in [-0.25, -0.2) is 0 Å². The van der Waals surface area contributed by atoms with Crippen molar-refractivity contribution in [2.75, 3.05) is 32.1 Å². The van der Waals surface area contributed by atoms with Crippen molar-refractivity contribution in [3.05, 3.63) is 30.5 Å². The Bertz CT molecular complexity index is 734. The summed E-state index contributed by atoms with van der Waals surface area (Å²) >= 11 is 0. The predicted molar refractivity (Wildman–Crippen MR) is 116 cm³/mol. The first-order valence-corrected chi connectivity index (χ1v) is 9.14. The number of amides is 1. The lowest BCUT2D eigenvalue weighted by molar-refractivity contribution is -0.130. The number of hydrogen-bond acceptors (Lipinski definition) is 3. The molecular formula is C20H31Cl2N3O2. The normalized spacial score (nSPS) is 15.9. The van der Waals surface area contributed by atoms with E-state index in [0.29, 0.717) is 12.5 Å². The van der Waals surface area contributed by atoms with E-state index >= 15 is 0 Å². The molecule has 7 heteroatoms. The van der Waals surface area contributed by atoms with E-state index in [0.717, 1.165) is 43.5 Å². The fourth-order valence-corrected chi connectivity index (χ4v) is 3.71. The van der Waals surface area contributed by atoms with Crippen molar-refractivity contribution in [1.29, 1.82) is 0 Å². The molecule has 27 heavy (non-hydrogen) atoms. The van der Waals surface area contributed by atoms with Gasteiger partial charge in [0, 0.05) is 36.4 Å². The van der Waals surface area contributed by atoms with Crippen LogP contribution >= 0.6 is 24.8 Å². The summed E-state index contributed by atoms with van der Waals surface area (Å²) in [5.74, 6) is 0.667. The van der Waals surface area contributed by atoms with Crippen LogP contribution in [0, 0.1) is 11.3 Å². The highest BCUT2D eigenvalue weighted by atomic mass is 35.5. The van der Waals surface area contributed by atoms with Crippen LogP contribution in [0.2, 0.25) is 0 Å². The summed E-state index contributed by atoms with van der Waals surface area (Å²) in [5, 5.41) is 7.60. The maximum atomic E-state index is 12.9. The van der Waals surface area contributed by atoms with E-state index in [1.807, 2.05) is 6.07 Å². The second kappa shape index (κ2) is 10.3. The lowest BCUT2D eigenvalue weighted by Crippen LogP contribution is -2.47. The number of fused-ring (bicyclic) bond motifs is 1. The molecule has 1 aliphatic rings. The summed E-state index contributed by atoms with van der Waals surface area (Å²) in [6.07, 6.45) is 3.73. The third kappa shape index (κ3) is 5.38. The van der Waals surface area contributed by atoms with Crippen molar-refractivity contribution in [3.63, 3.8) is 0 Å². The summed E-state index contributed by atoms with van der Waals surface area (Å²) in [4.78, 5) is 12.9. The zero-order chi connectivity index (χ0) is 17.9. The van der Waals surface area contributed by atoms with Gasteiger partial charge >= 0.3 is 0 Å². The average molecular weight is 416 g/mol. The Morgan fingerprint density at radius 3 is 2.59 bits per heavy atom. The number of piperidine rings is 1. The van der Waals surface area contributed by atoms with Gasteiger partial charge in [-0.3, -0.25) is 4.79 Å². The second-order valence-corrected chi connectivity index (χ2v) is 7.55. The van der Waals surface area contributed by atoms with Gasteiger partial charge in [0.25, 0.3) is 0 Å². The first kappa shape index (κ1) is 23.8. The Morgan fingerprint density at radius 1 is 1.26 bits per heavy atom. The van der Waals surface area contributed by atoms with Crippen LogP contribution in [0.25, 0.3) is 10.9 Å². The number of hydrogen-bond donors (Lipinski definition) is 2. The number of halogens is 2. The minimum atomic E-state index is -0.432. The van der Waals surface area contributed by atoms with E-state index in [1.54, 1.807) is 7.11 Å². The average Bonchev–Trinajstić information content (AvgIpc) is 2.97. The highest BCUT2D eigenvalue weighted by molar-refractivity contribution is 5.97. The number of ether oxygens (including phenoxy) is 1. The fraction of sp³-hybridized carbons (Fsp3) is 0.550. The van der Waals surface area contributed by atoms with Gasteiger partial charge in [0.05, 0.1) is 12.0 Å². The summed E-state index contributed by atoms with van der Waals surface area (Å²) in [5.41, 5.74) is 1.63. The SMILES string of the molecule is COCC1(C(=O)Nc2ccc3c(ccn3CC(C)C)c2)CCNCC1.Cl.Cl. The number of carbonyl (C=O) groups is 1. The van der Waals surface area contributed by atoms with Crippen LogP contribution in [-0.2, 0) is 16.1 Å². The molecule has 0 saturated carbocycles. The van der Waals surface area contributed by atoms with Gasteiger partial charge < -0.3 is 19.9 Å². The quantitative estimate of drug-likeness (QED) is 0.746. The van der Waals surface area contributed by atoms with Gasteiger partial charge in [-0.05, 0) is 56.1 Å². The third-order valence-electron chi connectivity index (χ3n) is 5.05. The lowest BCUT2D eigenvalue weighted by Gasteiger charge is -2.35. The van der Waals surface area contributed by atoms with Crippen molar-refractivity contribution in [1.82, 2.24) is 9.88 Å². The number of nitrogens with zero attached hydrogens (tertiary/aromatic N) is 1. The molecule has 2 aromatic rings. The van der Waals surface area contributed by atoms with Crippen LogP contribution in [0.15, 0.2) is 30.5 Å². The maximum Gasteiger partial charge on any atom is 0.233 e. The van der Waals surface area contributed by atoms with Crippen molar-refractivity contribution in [2.24, 2.45) is 11.3 Å². The molecule has 1 aliphatic heterocycles. The smallest absolute Gasteiger partial charge is 0.233 e. The Balaban J connectivity index is 0.00000182. The molecule has 1 amide bonds. The van der Waals surface area contributed by atoms with Crippen molar-refractivity contribution in [2.45, 2.75) is 33.2 Å². The molecule has 0 radical (unpaired) electrons. The molecule has 2 heterocycles. The fourth-order valence-electron chi connectivity index (χ4n) is 3.71. The second-order valence-electron chi connectivity index (χ2n) is 7.55. The van der Waals surface area contributed by atoms with E-state index in [2.05, 4.69) is 53.4 Å². The number of benzene rings is 1. The summed E-state index contributed by atoms with van der Waals surface area (Å²) < 4.78 is 7.63. The number of methoxy groups -OCH3 is 1. The number of rotatable bonds is 6. The van der Waals surface area contributed by atoms with Gasteiger partial charge in [-0.15, -0.1) is 24.8 Å². The maximum absolute atomic E-state index is 12.9. The Morgan fingerprint density at radius 2 is 1.96 bits per heavy atom. The minimum Gasteiger partial charge on any atom is -0.384 e. The van der Waals surface area contributed by atoms with Gasteiger partial charge in [0.1, 0.15) is 0 Å². The van der Waals surface area contributed by atoms with E-state index in [4.69, 9.17) is 4.74 Å². The number of anilines is 1. The van der Waals surface area contributed by atoms with Crippen LogP contribution in [0.3, 0.4) is 0 Å². The molecule has 2 N–H and O–H groups in total. The van der Waals surface area contributed by atoms with Crippen LogP contribution in [0.5, 0.6) is 0 Å². The molecule has 152 valence electrons. The Labute approximate surface area is 174 Å². The number of carbonyl (C=O) groups excluding carboxylic acids is 1. The largest absolute Gasteiger partial charge is 0.384 e. The molecule has 5 nitrogen and oxygen atoms in total. The highest BCUT2D eigenvalue weighted by Crippen LogP contribution is 2.31. The summed E-state index contributed by atoms with van der Waals surface area (Å²) in [7, 11) is 1.67.